The normalized spacial score (nSPS) is 16.4. The van der Waals surface area contributed by atoms with E-state index in [1.165, 1.54) is 29.2 Å². The van der Waals surface area contributed by atoms with Gasteiger partial charge >= 0.3 is 0 Å². The number of hydrogen-bond donors (Lipinski definition) is 2. The topological polar surface area (TPSA) is 41.5 Å². The van der Waals surface area contributed by atoms with Crippen molar-refractivity contribution in [2.75, 3.05) is 13.2 Å². The van der Waals surface area contributed by atoms with Crippen molar-refractivity contribution < 1.29 is 9.84 Å². The van der Waals surface area contributed by atoms with E-state index in [-0.39, 0.29) is 11.6 Å². The van der Waals surface area contributed by atoms with E-state index in [1.54, 1.807) is 0 Å². The lowest BCUT2D eigenvalue weighted by Gasteiger charge is -2.29. The van der Waals surface area contributed by atoms with Crippen molar-refractivity contribution in [1.29, 1.82) is 0 Å². The lowest BCUT2D eigenvalue weighted by molar-refractivity contribution is -0.0211. The largest absolute Gasteiger partial charge is 0.389 e. The van der Waals surface area contributed by atoms with Crippen LogP contribution in [0.15, 0.2) is 66.7 Å². The predicted molar refractivity (Wildman–Crippen MR) is 129 cm³/mol. The Morgan fingerprint density at radius 3 is 2.55 bits per heavy atom. The van der Waals surface area contributed by atoms with Crippen LogP contribution in [0.1, 0.15) is 43.9 Å². The zero-order chi connectivity index (χ0) is 21.8. The lowest BCUT2D eigenvalue weighted by Crippen LogP contribution is -2.46. The molecule has 0 radical (unpaired) electrons. The summed E-state index contributed by atoms with van der Waals surface area (Å²) in [5.41, 5.74) is 2.26. The molecule has 31 heavy (non-hydrogen) atoms. The molecule has 1 saturated carbocycles. The van der Waals surface area contributed by atoms with Gasteiger partial charge in [-0.2, -0.15) is 0 Å². The summed E-state index contributed by atoms with van der Waals surface area (Å²) in [6.45, 7) is 5.16. The van der Waals surface area contributed by atoms with Crippen LogP contribution in [0.25, 0.3) is 10.8 Å². The fourth-order valence-electron chi connectivity index (χ4n) is 4.18. The molecular weight excluding hydrogens is 406 g/mol. The summed E-state index contributed by atoms with van der Waals surface area (Å²) in [4.78, 5) is 0. The van der Waals surface area contributed by atoms with Gasteiger partial charge in [0.2, 0.25) is 0 Å². The smallest absolute Gasteiger partial charge is 0.0898 e. The lowest BCUT2D eigenvalue weighted by atomic mass is 9.93. The molecule has 1 aliphatic carbocycles. The highest BCUT2D eigenvalue weighted by Gasteiger charge is 2.33. The van der Waals surface area contributed by atoms with Gasteiger partial charge in [0.05, 0.1) is 18.8 Å². The van der Waals surface area contributed by atoms with Gasteiger partial charge in [0.15, 0.2) is 0 Å². The van der Waals surface area contributed by atoms with Crippen molar-refractivity contribution in [2.45, 2.75) is 50.9 Å². The summed E-state index contributed by atoms with van der Waals surface area (Å²) >= 11 is 6.16. The maximum Gasteiger partial charge on any atom is 0.0898 e. The van der Waals surface area contributed by atoms with Gasteiger partial charge in [-0.05, 0) is 73.1 Å². The molecule has 2 N–H and O–H groups in total. The van der Waals surface area contributed by atoms with Crippen LogP contribution in [0, 0.1) is 5.92 Å². The molecule has 0 saturated heterocycles. The van der Waals surface area contributed by atoms with Gasteiger partial charge in [0.25, 0.3) is 0 Å². The first kappa shape index (κ1) is 22.3. The van der Waals surface area contributed by atoms with Crippen LogP contribution in [0.5, 0.6) is 0 Å². The molecule has 2 atom stereocenters. The standard InChI is InChI=1S/C27H32ClNO2/c1-27(2,16-19-10-11-20-6-3-4-7-22(20)14-19)29-17-25(30)18-31-26(21-12-13-21)23-8-5-9-24(28)15-23/h3-11,14-15,21,25-26,29-30H,12-13,16-18H2,1-2H3/t25-,26?/m1/s1. The SMILES string of the molecule is CC(C)(Cc1ccc2ccccc2c1)NC[C@@H](O)COC(c1cccc(Cl)c1)C1CC1. The number of aliphatic hydroxyl groups excluding tert-OH is 1. The molecule has 1 unspecified atom stereocenters. The van der Waals surface area contributed by atoms with E-state index in [4.69, 9.17) is 16.3 Å². The van der Waals surface area contributed by atoms with E-state index >= 15 is 0 Å². The van der Waals surface area contributed by atoms with Gasteiger partial charge in [-0.25, -0.2) is 0 Å². The molecule has 0 bridgehead atoms. The Labute approximate surface area is 190 Å². The van der Waals surface area contributed by atoms with Gasteiger partial charge in [-0.1, -0.05) is 66.2 Å². The monoisotopic (exact) mass is 437 g/mol. The first-order valence-electron chi connectivity index (χ1n) is 11.2. The molecule has 1 aliphatic rings. The molecule has 0 aromatic heterocycles. The Hall–Kier alpha value is -1.91. The van der Waals surface area contributed by atoms with Crippen molar-refractivity contribution in [2.24, 2.45) is 5.92 Å². The van der Waals surface area contributed by atoms with Crippen LogP contribution in [0.4, 0.5) is 0 Å². The fourth-order valence-corrected chi connectivity index (χ4v) is 4.38. The number of aliphatic hydroxyl groups is 1. The van der Waals surface area contributed by atoms with Gasteiger partial charge in [0.1, 0.15) is 0 Å². The van der Waals surface area contributed by atoms with Crippen LogP contribution in [0.3, 0.4) is 0 Å². The van der Waals surface area contributed by atoms with Gasteiger partial charge in [-0.3, -0.25) is 0 Å². The Morgan fingerprint density at radius 1 is 1.03 bits per heavy atom. The first-order chi connectivity index (χ1) is 14.9. The van der Waals surface area contributed by atoms with Gasteiger partial charge in [-0.15, -0.1) is 0 Å². The molecule has 1 fully saturated rings. The molecular formula is C27H32ClNO2. The van der Waals surface area contributed by atoms with E-state index in [0.717, 1.165) is 17.0 Å². The Balaban J connectivity index is 1.29. The summed E-state index contributed by atoms with van der Waals surface area (Å²) in [6.07, 6.45) is 2.68. The van der Waals surface area contributed by atoms with E-state index < -0.39 is 6.10 Å². The second kappa shape index (κ2) is 9.70. The van der Waals surface area contributed by atoms with Crippen molar-refractivity contribution >= 4 is 22.4 Å². The third kappa shape index (κ3) is 6.30. The minimum atomic E-state index is -0.559. The number of ether oxygens (including phenoxy) is 1. The highest BCUT2D eigenvalue weighted by Crippen LogP contribution is 2.43. The van der Waals surface area contributed by atoms with Crippen LogP contribution in [-0.2, 0) is 11.2 Å². The van der Waals surface area contributed by atoms with Crippen LogP contribution in [0.2, 0.25) is 5.02 Å². The third-order valence-corrected chi connectivity index (χ3v) is 6.21. The van der Waals surface area contributed by atoms with E-state index in [1.807, 2.05) is 18.2 Å². The molecule has 4 heteroatoms. The average molecular weight is 438 g/mol. The Bertz CT molecular complexity index is 1010. The van der Waals surface area contributed by atoms with Crippen molar-refractivity contribution in [3.05, 3.63) is 82.9 Å². The Morgan fingerprint density at radius 2 is 1.81 bits per heavy atom. The number of hydrogen-bond acceptors (Lipinski definition) is 3. The number of benzene rings is 3. The first-order valence-corrected chi connectivity index (χ1v) is 11.6. The van der Waals surface area contributed by atoms with Crippen molar-refractivity contribution in [1.82, 2.24) is 5.32 Å². The fraction of sp³-hybridized carbons (Fsp3) is 0.407. The van der Waals surface area contributed by atoms with Crippen molar-refractivity contribution in [3.63, 3.8) is 0 Å². The number of β-amino-alcohol motifs (C(OH)–C–C–N with tert-alkyl or cyclic N) is 1. The molecule has 4 rings (SSSR count). The summed E-state index contributed by atoms with van der Waals surface area (Å²) in [6, 6.07) is 22.9. The second-order valence-electron chi connectivity index (χ2n) is 9.42. The molecule has 0 heterocycles. The van der Waals surface area contributed by atoms with Crippen LogP contribution in [-0.4, -0.2) is 29.9 Å². The minimum absolute atomic E-state index is 0.0129. The number of rotatable bonds is 10. The number of nitrogens with one attached hydrogen (secondary N) is 1. The molecule has 3 aromatic carbocycles. The summed E-state index contributed by atoms with van der Waals surface area (Å²) in [5, 5.41) is 17.3. The molecule has 3 nitrogen and oxygen atoms in total. The summed E-state index contributed by atoms with van der Waals surface area (Å²) < 4.78 is 6.15. The van der Waals surface area contributed by atoms with E-state index in [2.05, 4.69) is 67.7 Å². The van der Waals surface area contributed by atoms with E-state index in [9.17, 15) is 5.11 Å². The highest BCUT2D eigenvalue weighted by molar-refractivity contribution is 6.30. The summed E-state index contributed by atoms with van der Waals surface area (Å²) in [7, 11) is 0. The average Bonchev–Trinajstić information content (AvgIpc) is 3.57. The van der Waals surface area contributed by atoms with Crippen LogP contribution < -0.4 is 5.32 Å². The van der Waals surface area contributed by atoms with Crippen LogP contribution >= 0.6 is 11.6 Å². The van der Waals surface area contributed by atoms with Crippen molar-refractivity contribution in [3.8, 4) is 0 Å². The molecule has 3 aromatic rings. The minimum Gasteiger partial charge on any atom is -0.389 e. The quantitative estimate of drug-likeness (QED) is 0.413. The third-order valence-electron chi connectivity index (χ3n) is 5.97. The molecule has 0 amide bonds. The molecule has 0 aliphatic heterocycles. The van der Waals surface area contributed by atoms with E-state index in [0.29, 0.717) is 19.1 Å². The maximum atomic E-state index is 10.6. The number of halogens is 1. The highest BCUT2D eigenvalue weighted by atomic mass is 35.5. The summed E-state index contributed by atoms with van der Waals surface area (Å²) in [5.74, 6) is 0.531. The Kier molecular flexibility index (Phi) is 6.98. The second-order valence-corrected chi connectivity index (χ2v) is 9.86. The van der Waals surface area contributed by atoms with Gasteiger partial charge in [0, 0.05) is 17.1 Å². The zero-order valence-electron chi connectivity index (χ0n) is 18.4. The molecule has 164 valence electrons. The van der Waals surface area contributed by atoms with Gasteiger partial charge < -0.3 is 15.2 Å². The zero-order valence-corrected chi connectivity index (χ0v) is 19.1. The predicted octanol–water partition coefficient (Wildman–Crippen LogP) is 5.93. The molecule has 0 spiro atoms. The number of fused-ring (bicyclic) bond motifs is 1. The maximum absolute atomic E-state index is 10.6.